The van der Waals surface area contributed by atoms with Crippen LogP contribution >= 0.6 is 0 Å². The molecule has 7 aliphatic heterocycles. The Bertz CT molecular complexity index is 2290. The number of nitrogens with zero attached hydrogens (tertiary/aromatic N) is 8. The topological polar surface area (TPSA) is 65.0 Å². The Kier molecular flexibility index (Phi) is 9.82. The lowest BCUT2D eigenvalue weighted by Gasteiger charge is -2.04. The van der Waals surface area contributed by atoms with Gasteiger partial charge in [-0.15, -0.1) is 0 Å². The molecule has 0 atom stereocenters. The number of hydrogen-bond donors (Lipinski definition) is 0. The van der Waals surface area contributed by atoms with Crippen molar-refractivity contribution in [1.82, 2.24) is 0 Å². The average Bonchev–Trinajstić information content (AvgIpc) is 3.24. The largest absolute Gasteiger partial charge is 0.201 e. The third-order valence-electron chi connectivity index (χ3n) is 9.90. The van der Waals surface area contributed by atoms with Gasteiger partial charge in [-0.05, 0) is 70.8 Å². The van der Waals surface area contributed by atoms with Crippen LogP contribution < -0.4 is 18.3 Å². The maximum Gasteiger partial charge on any atom is 0.173 e. The first kappa shape index (κ1) is 34.4. The molecule has 0 saturated carbocycles. The lowest BCUT2D eigenvalue weighted by atomic mass is 10.1. The van der Waals surface area contributed by atoms with E-state index < -0.39 is 0 Å². The van der Waals surface area contributed by atoms with Crippen molar-refractivity contribution in [3.63, 3.8) is 0 Å². The molecule has 0 unspecified atom stereocenters. The number of azo groups is 2. The quantitative estimate of drug-likeness (QED) is 0.140. The van der Waals surface area contributed by atoms with Crippen LogP contribution in [0.15, 0.2) is 216 Å². The van der Waals surface area contributed by atoms with Crippen LogP contribution in [0.3, 0.4) is 0 Å². The molecule has 268 valence electrons. The second kappa shape index (κ2) is 16.0. The predicted octanol–water partition coefficient (Wildman–Crippen LogP) is 9.51. The third kappa shape index (κ3) is 8.56. The van der Waals surface area contributed by atoms with E-state index in [1.54, 1.807) is 0 Å². The van der Waals surface area contributed by atoms with E-state index >= 15 is 0 Å². The van der Waals surface area contributed by atoms with E-state index in [1.165, 1.54) is 22.3 Å². The normalized spacial score (nSPS) is 12.6. The Hall–Kier alpha value is -7.32. The van der Waals surface area contributed by atoms with Crippen molar-refractivity contribution in [2.75, 3.05) is 0 Å². The molecule has 0 N–H and O–H groups in total. The van der Waals surface area contributed by atoms with Crippen molar-refractivity contribution in [2.24, 2.45) is 20.5 Å². The summed E-state index contributed by atoms with van der Waals surface area (Å²) >= 11 is 0. The molecule has 0 saturated heterocycles. The van der Waals surface area contributed by atoms with Gasteiger partial charge in [-0.3, -0.25) is 0 Å². The molecular weight excluding hydrogens is 689 g/mol. The molecule has 0 fully saturated rings. The van der Waals surface area contributed by atoms with Crippen molar-refractivity contribution < 1.29 is 18.3 Å². The van der Waals surface area contributed by atoms with Gasteiger partial charge in [-0.2, -0.15) is 20.5 Å². The fraction of sp³-hybridized carbons (Fsp3) is 0.0833. The van der Waals surface area contributed by atoms with Gasteiger partial charge in [0, 0.05) is 70.8 Å². The molecule has 7 aliphatic rings. The zero-order valence-electron chi connectivity index (χ0n) is 30.9. The molecule has 0 aliphatic carbocycles. The number of pyridine rings is 4. The fourth-order valence-electron chi connectivity index (χ4n) is 6.96. The van der Waals surface area contributed by atoms with E-state index in [2.05, 4.69) is 185 Å². The number of rotatable bonds is 0. The van der Waals surface area contributed by atoms with Gasteiger partial charge in [-0.1, -0.05) is 48.5 Å². The van der Waals surface area contributed by atoms with E-state index in [4.69, 9.17) is 0 Å². The Morgan fingerprint density at radius 1 is 0.268 bits per heavy atom. The summed E-state index contributed by atoms with van der Waals surface area (Å²) in [5, 5.41) is 18.4. The molecule has 15 rings (SSSR count). The summed E-state index contributed by atoms with van der Waals surface area (Å²) in [5.41, 5.74) is 12.6. The number of benzene rings is 4. The summed E-state index contributed by atoms with van der Waals surface area (Å²) in [6.45, 7) is 2.94. The van der Waals surface area contributed by atoms with E-state index in [0.29, 0.717) is 0 Å². The molecule has 0 amide bonds. The third-order valence-corrected chi connectivity index (χ3v) is 9.90. The maximum absolute atomic E-state index is 4.60. The van der Waals surface area contributed by atoms with Crippen molar-refractivity contribution >= 4 is 22.7 Å². The second-order valence-electron chi connectivity index (χ2n) is 14.1. The van der Waals surface area contributed by atoms with Crippen molar-refractivity contribution in [2.45, 2.75) is 26.2 Å². The van der Waals surface area contributed by atoms with Gasteiger partial charge in [0.15, 0.2) is 75.8 Å². The van der Waals surface area contributed by atoms with Crippen molar-refractivity contribution in [3.8, 4) is 22.3 Å². The first-order valence-corrected chi connectivity index (χ1v) is 18.8. The first-order valence-electron chi connectivity index (χ1n) is 18.8. The van der Waals surface area contributed by atoms with Gasteiger partial charge in [0.1, 0.15) is 0 Å². The van der Waals surface area contributed by atoms with Crippen molar-refractivity contribution in [3.05, 3.63) is 217 Å². The van der Waals surface area contributed by atoms with Crippen LogP contribution in [0.25, 0.3) is 22.3 Å². The van der Waals surface area contributed by atoms with Gasteiger partial charge in [0.05, 0.1) is 22.7 Å². The summed E-state index contributed by atoms with van der Waals surface area (Å²) in [6.07, 6.45) is 17.0. The van der Waals surface area contributed by atoms with Crippen LogP contribution in [0, 0.1) is 0 Å². The van der Waals surface area contributed by atoms with Crippen LogP contribution in [0.4, 0.5) is 22.7 Å². The molecule has 16 bridgehead atoms. The molecule has 0 spiro atoms. The molecule has 8 nitrogen and oxygen atoms in total. The molecule has 8 aromatic rings. The summed E-state index contributed by atoms with van der Waals surface area (Å²) in [5.74, 6) is 0. The Labute approximate surface area is 326 Å². The van der Waals surface area contributed by atoms with Gasteiger partial charge in [-0.25, -0.2) is 18.3 Å². The van der Waals surface area contributed by atoms with Crippen LogP contribution in [0.1, 0.15) is 22.3 Å². The lowest BCUT2D eigenvalue weighted by molar-refractivity contribution is -0.688. The maximum atomic E-state index is 4.60. The monoisotopic (exact) mass is 728 g/mol. The van der Waals surface area contributed by atoms with Crippen LogP contribution in [-0.2, 0) is 26.2 Å². The van der Waals surface area contributed by atoms with Gasteiger partial charge < -0.3 is 0 Å². The average molecular weight is 729 g/mol. The molecular formula is C48H40N8+4. The van der Waals surface area contributed by atoms with Crippen LogP contribution in [0.2, 0.25) is 0 Å². The molecule has 0 radical (unpaired) electrons. The van der Waals surface area contributed by atoms with E-state index in [9.17, 15) is 0 Å². The highest BCUT2D eigenvalue weighted by Gasteiger charge is 2.11. The Morgan fingerprint density at radius 3 is 0.696 bits per heavy atom. The van der Waals surface area contributed by atoms with Gasteiger partial charge in [0.25, 0.3) is 0 Å². The van der Waals surface area contributed by atoms with Gasteiger partial charge in [0.2, 0.25) is 0 Å². The molecule has 56 heavy (non-hydrogen) atoms. The van der Waals surface area contributed by atoms with Crippen LogP contribution in [0.5, 0.6) is 0 Å². The zero-order chi connectivity index (χ0) is 37.5. The molecule has 11 heterocycles. The standard InChI is InChI=1S/C48H40N8/c1-5-37-29-45(9-1)49-50-46-10-2-6-38(30-46)34-54-25-17-43(18-26-54)44-19-27-56(28-20-44)36-40-8-4-12-48(32-40)52-51-47-11-3-7-39(31-47)35-55-23-15-42(16-24-55)41-13-21-53(33-37)22-14-41/h1-32H,33-36H2/q+4. The fourth-order valence-corrected chi connectivity index (χ4v) is 6.96. The molecule has 4 aromatic carbocycles. The Balaban J connectivity index is 0.996. The predicted molar refractivity (Wildman–Crippen MR) is 215 cm³/mol. The molecule has 4 aromatic heterocycles. The highest BCUT2D eigenvalue weighted by Crippen LogP contribution is 2.23. The number of hydrogen-bond acceptors (Lipinski definition) is 4. The highest BCUT2D eigenvalue weighted by atomic mass is 15.1. The number of aromatic nitrogens is 4. The Morgan fingerprint density at radius 2 is 0.482 bits per heavy atom. The SMILES string of the molecule is c1cc2cc(c1)N=Nc1cccc(c1)C[n+]1ccc(cc1)-c1cc[n+](cc1)Cc1cccc(c1)N=Nc1cccc(c1)C[n+]1ccc(cc1)-c1cc[n+](cc1)C2. The summed E-state index contributed by atoms with van der Waals surface area (Å²) < 4.78 is 8.73. The highest BCUT2D eigenvalue weighted by molar-refractivity contribution is 5.62. The lowest BCUT2D eigenvalue weighted by Crippen LogP contribution is -2.33. The van der Waals surface area contributed by atoms with Crippen molar-refractivity contribution in [1.29, 1.82) is 0 Å². The van der Waals surface area contributed by atoms with E-state index in [-0.39, 0.29) is 0 Å². The zero-order valence-corrected chi connectivity index (χ0v) is 30.9. The smallest absolute Gasteiger partial charge is 0.173 e. The van der Waals surface area contributed by atoms with E-state index in [0.717, 1.165) is 71.2 Å². The minimum atomic E-state index is 0.735. The summed E-state index contributed by atoms with van der Waals surface area (Å²) in [7, 11) is 0. The van der Waals surface area contributed by atoms with Crippen LogP contribution in [-0.4, -0.2) is 0 Å². The summed E-state index contributed by atoms with van der Waals surface area (Å²) in [4.78, 5) is 0. The van der Waals surface area contributed by atoms with E-state index in [1.807, 2.05) is 48.5 Å². The summed E-state index contributed by atoms with van der Waals surface area (Å²) in [6, 6.07) is 50.3. The molecule has 8 heteroatoms. The first-order chi connectivity index (χ1) is 27.6. The van der Waals surface area contributed by atoms with Gasteiger partial charge >= 0.3 is 0 Å². The minimum Gasteiger partial charge on any atom is -0.201 e. The minimum absolute atomic E-state index is 0.735. The second-order valence-corrected chi connectivity index (χ2v) is 14.1.